The molecule has 12 heteroatoms. The Labute approximate surface area is 220 Å². The summed E-state index contributed by atoms with van der Waals surface area (Å²) in [7, 11) is 3.83. The number of ether oxygens (including phenoxy) is 1. The molecule has 0 saturated carbocycles. The van der Waals surface area contributed by atoms with E-state index in [1.54, 1.807) is 36.1 Å². The smallest absolute Gasteiger partial charge is 0.417 e. The standard InChI is InChI=1S/C21H16ClF3N4O3.C2H5P.C2H6/c1-26-19(30)18-11-15(8-9-27-18)32-14-5-2-12(3-6-14)28-20(31)29-13-4-7-17(22)16(10-13)21(23,24)25;1-2-3;1-2/h2-11H,1H3,(H,26,30)(H2,28,29,31);2H,1,3H2;1-2H3. The van der Waals surface area contributed by atoms with Crippen molar-refractivity contribution < 1.29 is 27.5 Å². The lowest BCUT2D eigenvalue weighted by atomic mass is 10.2. The van der Waals surface area contributed by atoms with Crippen LogP contribution in [0.25, 0.3) is 0 Å². The summed E-state index contributed by atoms with van der Waals surface area (Å²) >= 11 is 5.57. The average Bonchev–Trinajstić information content (AvgIpc) is 2.87. The van der Waals surface area contributed by atoms with Crippen LogP contribution in [0.4, 0.5) is 29.3 Å². The summed E-state index contributed by atoms with van der Waals surface area (Å²) in [6.45, 7) is 7.32. The van der Waals surface area contributed by atoms with E-state index in [4.69, 9.17) is 16.3 Å². The van der Waals surface area contributed by atoms with Gasteiger partial charge in [-0.25, -0.2) is 4.79 Å². The van der Waals surface area contributed by atoms with Crippen molar-refractivity contribution in [2.75, 3.05) is 17.7 Å². The molecule has 3 rings (SSSR count). The van der Waals surface area contributed by atoms with Crippen LogP contribution in [-0.2, 0) is 6.18 Å². The molecule has 3 N–H and O–H groups in total. The predicted molar refractivity (Wildman–Crippen MR) is 144 cm³/mol. The third-order valence-electron chi connectivity index (χ3n) is 4.07. The summed E-state index contributed by atoms with van der Waals surface area (Å²) < 4.78 is 44.5. The molecule has 198 valence electrons. The minimum absolute atomic E-state index is 0.0659. The summed E-state index contributed by atoms with van der Waals surface area (Å²) in [6.07, 6.45) is -3.21. The predicted octanol–water partition coefficient (Wildman–Crippen LogP) is 7.58. The van der Waals surface area contributed by atoms with E-state index in [0.717, 1.165) is 12.1 Å². The van der Waals surface area contributed by atoms with E-state index in [1.165, 1.54) is 25.4 Å². The van der Waals surface area contributed by atoms with Gasteiger partial charge in [0.15, 0.2) is 0 Å². The monoisotopic (exact) mass is 554 g/mol. The first kappa shape index (κ1) is 31.4. The summed E-state index contributed by atoms with van der Waals surface area (Å²) in [6, 6.07) is 11.6. The second-order valence-corrected chi connectivity index (χ2v) is 7.47. The van der Waals surface area contributed by atoms with E-state index in [1.807, 2.05) is 13.8 Å². The maximum Gasteiger partial charge on any atom is 0.417 e. The van der Waals surface area contributed by atoms with Crippen molar-refractivity contribution in [1.82, 2.24) is 10.3 Å². The molecular formula is C25H27ClF3N4O3P. The van der Waals surface area contributed by atoms with Gasteiger partial charge in [-0.15, -0.1) is 9.24 Å². The Balaban J connectivity index is 0.00000127. The first-order valence-corrected chi connectivity index (χ1v) is 11.8. The van der Waals surface area contributed by atoms with E-state index < -0.39 is 22.8 Å². The Morgan fingerprint density at radius 3 is 2.14 bits per heavy atom. The first-order valence-electron chi connectivity index (χ1n) is 10.8. The van der Waals surface area contributed by atoms with Crippen LogP contribution < -0.4 is 20.7 Å². The van der Waals surface area contributed by atoms with Gasteiger partial charge in [-0.05, 0) is 48.5 Å². The number of amides is 3. The number of anilines is 2. The lowest BCUT2D eigenvalue weighted by Crippen LogP contribution is -2.19. The number of alkyl halides is 3. The molecule has 1 heterocycles. The molecule has 3 amide bonds. The molecular weight excluding hydrogens is 528 g/mol. The van der Waals surface area contributed by atoms with Gasteiger partial charge in [-0.2, -0.15) is 13.2 Å². The fourth-order valence-electron chi connectivity index (χ4n) is 2.58. The average molecular weight is 555 g/mol. The minimum atomic E-state index is -4.64. The fourth-order valence-corrected chi connectivity index (χ4v) is 2.81. The molecule has 1 unspecified atom stereocenters. The number of urea groups is 1. The van der Waals surface area contributed by atoms with Gasteiger partial charge in [-0.3, -0.25) is 9.78 Å². The number of hydrogen-bond donors (Lipinski definition) is 3. The van der Waals surface area contributed by atoms with E-state index in [9.17, 15) is 22.8 Å². The van der Waals surface area contributed by atoms with Crippen LogP contribution in [0.1, 0.15) is 29.9 Å². The molecule has 3 aromatic rings. The molecule has 1 aromatic heterocycles. The molecule has 7 nitrogen and oxygen atoms in total. The van der Waals surface area contributed by atoms with Crippen molar-refractivity contribution in [2.24, 2.45) is 0 Å². The minimum Gasteiger partial charge on any atom is -0.457 e. The second-order valence-electron chi connectivity index (χ2n) is 6.59. The summed E-state index contributed by atoms with van der Waals surface area (Å²) in [4.78, 5) is 27.7. The molecule has 0 bridgehead atoms. The van der Waals surface area contributed by atoms with Crippen LogP contribution in [0.5, 0.6) is 11.5 Å². The Bertz CT molecular complexity index is 1190. The van der Waals surface area contributed by atoms with Gasteiger partial charge < -0.3 is 20.7 Å². The molecule has 37 heavy (non-hydrogen) atoms. The van der Waals surface area contributed by atoms with Gasteiger partial charge in [0.05, 0.1) is 10.6 Å². The first-order chi connectivity index (χ1) is 17.6. The van der Waals surface area contributed by atoms with E-state index in [0.29, 0.717) is 17.2 Å². The van der Waals surface area contributed by atoms with Crippen LogP contribution in [0.3, 0.4) is 0 Å². The maximum absolute atomic E-state index is 12.9. The summed E-state index contributed by atoms with van der Waals surface area (Å²) in [5, 5.41) is 6.83. The van der Waals surface area contributed by atoms with Crippen LogP contribution in [0.2, 0.25) is 5.02 Å². The number of benzene rings is 2. The van der Waals surface area contributed by atoms with Crippen LogP contribution >= 0.6 is 20.8 Å². The Morgan fingerprint density at radius 2 is 1.57 bits per heavy atom. The Morgan fingerprint density at radius 1 is 1.00 bits per heavy atom. The van der Waals surface area contributed by atoms with Crippen LogP contribution in [-0.4, -0.2) is 24.0 Å². The molecule has 2 aromatic carbocycles. The topological polar surface area (TPSA) is 92.4 Å². The van der Waals surface area contributed by atoms with Crippen molar-refractivity contribution in [3.63, 3.8) is 0 Å². The molecule has 0 spiro atoms. The molecule has 0 saturated heterocycles. The number of carbonyl (C=O) groups is 2. The van der Waals surface area contributed by atoms with Crippen molar-refractivity contribution in [1.29, 1.82) is 0 Å². The lowest BCUT2D eigenvalue weighted by molar-refractivity contribution is -0.137. The van der Waals surface area contributed by atoms with Gasteiger partial charge in [0.1, 0.15) is 17.2 Å². The van der Waals surface area contributed by atoms with Gasteiger partial charge in [0, 0.05) is 30.7 Å². The zero-order valence-corrected chi connectivity index (χ0v) is 22.2. The van der Waals surface area contributed by atoms with Gasteiger partial charge in [0.25, 0.3) is 5.91 Å². The van der Waals surface area contributed by atoms with Crippen molar-refractivity contribution in [2.45, 2.75) is 20.0 Å². The Kier molecular flexibility index (Phi) is 13.1. The second kappa shape index (κ2) is 15.5. The number of carbonyl (C=O) groups excluding carboxylic acids is 2. The number of rotatable bonds is 5. The number of pyridine rings is 1. The van der Waals surface area contributed by atoms with E-state index >= 15 is 0 Å². The number of nitrogens with zero attached hydrogens (tertiary/aromatic N) is 1. The van der Waals surface area contributed by atoms with Gasteiger partial charge >= 0.3 is 12.2 Å². The molecule has 1 atom stereocenters. The summed E-state index contributed by atoms with van der Waals surface area (Å²) in [5.74, 6) is 2.13. The molecule has 0 aliphatic rings. The van der Waals surface area contributed by atoms with Crippen LogP contribution in [0, 0.1) is 0 Å². The quantitative estimate of drug-likeness (QED) is 0.283. The molecule has 0 aliphatic heterocycles. The number of halogens is 4. The lowest BCUT2D eigenvalue weighted by Gasteiger charge is -2.12. The number of hydrogen-bond acceptors (Lipinski definition) is 4. The Hall–Kier alpha value is -3.62. The normalized spacial score (nSPS) is 9.95. The molecule has 0 fully saturated rings. The zero-order valence-electron chi connectivity index (χ0n) is 20.3. The maximum atomic E-state index is 12.9. The zero-order chi connectivity index (χ0) is 28.0. The van der Waals surface area contributed by atoms with Crippen molar-refractivity contribution in [3.05, 3.63) is 89.5 Å². The highest BCUT2D eigenvalue weighted by atomic mass is 35.5. The van der Waals surface area contributed by atoms with Crippen molar-refractivity contribution in [3.8, 4) is 11.5 Å². The third-order valence-corrected chi connectivity index (χ3v) is 4.40. The van der Waals surface area contributed by atoms with E-state index in [2.05, 4.69) is 36.8 Å². The molecule has 0 radical (unpaired) electrons. The highest BCUT2D eigenvalue weighted by molar-refractivity contribution is 7.20. The number of aromatic nitrogens is 1. The largest absolute Gasteiger partial charge is 0.457 e. The third kappa shape index (κ3) is 10.5. The van der Waals surface area contributed by atoms with E-state index in [-0.39, 0.29) is 17.3 Å². The summed E-state index contributed by atoms with van der Waals surface area (Å²) in [5.41, 5.74) is -0.547. The fraction of sp³-hybridized carbons (Fsp3) is 0.160. The van der Waals surface area contributed by atoms with Crippen LogP contribution in [0.15, 0.2) is 73.2 Å². The highest BCUT2D eigenvalue weighted by Crippen LogP contribution is 2.36. The van der Waals surface area contributed by atoms with Crippen molar-refractivity contribution >= 4 is 44.2 Å². The van der Waals surface area contributed by atoms with Gasteiger partial charge in [-0.1, -0.05) is 37.8 Å². The number of nitrogens with one attached hydrogen (secondary N) is 3. The highest BCUT2D eigenvalue weighted by Gasteiger charge is 2.33. The van der Waals surface area contributed by atoms with Gasteiger partial charge in [0.2, 0.25) is 0 Å². The molecule has 0 aliphatic carbocycles. The SMILES string of the molecule is C=CP.CC.CNC(=O)c1cc(Oc2ccc(NC(=O)Nc3ccc(Cl)c(C(F)(F)F)c3)cc2)ccn1.